The number of esters is 1. The Balaban J connectivity index is 1.92. The predicted molar refractivity (Wildman–Crippen MR) is 83.3 cm³/mol. The molecule has 0 unspecified atom stereocenters. The number of nitrogens with zero attached hydrogens (tertiary/aromatic N) is 2. The fourth-order valence-corrected chi connectivity index (χ4v) is 2.14. The number of carbonyl (C=O) groups is 2. The minimum absolute atomic E-state index is 0.200. The second-order valence-corrected chi connectivity index (χ2v) is 5.73. The molecule has 0 atom stereocenters. The Morgan fingerprint density at radius 2 is 1.79 bits per heavy atom. The largest absolute Gasteiger partial charge is 0.454 e. The van der Waals surface area contributed by atoms with Crippen molar-refractivity contribution in [2.45, 2.75) is 18.9 Å². The average Bonchev–Trinajstić information content (AvgIpc) is 3.02. The minimum Gasteiger partial charge on any atom is -0.454 e. The van der Waals surface area contributed by atoms with Gasteiger partial charge in [0.2, 0.25) is 0 Å². The zero-order valence-corrected chi connectivity index (χ0v) is 14.3. The zero-order chi connectivity index (χ0) is 21.1. The first-order valence-corrected chi connectivity index (χ1v) is 7.67. The van der Waals surface area contributed by atoms with Gasteiger partial charge in [0.25, 0.3) is 5.91 Å². The number of ether oxygens (including phenoxy) is 1. The third-order valence-electron chi connectivity index (χ3n) is 3.15. The van der Waals surface area contributed by atoms with E-state index in [1.807, 2.05) is 5.32 Å². The Hall–Kier alpha value is -2.76. The van der Waals surface area contributed by atoms with Gasteiger partial charge in [-0.3, -0.25) is 14.3 Å². The first-order chi connectivity index (χ1) is 12.9. The van der Waals surface area contributed by atoms with Crippen LogP contribution >= 0.6 is 11.6 Å². The van der Waals surface area contributed by atoms with Crippen LogP contribution in [0.2, 0.25) is 5.02 Å². The van der Waals surface area contributed by atoms with E-state index in [-0.39, 0.29) is 5.02 Å². The summed E-state index contributed by atoms with van der Waals surface area (Å²) in [6, 6.07) is 3.29. The lowest BCUT2D eigenvalue weighted by Crippen LogP contribution is -2.24. The van der Waals surface area contributed by atoms with Crippen LogP contribution in [0.25, 0.3) is 0 Å². The molecule has 152 valence electrons. The molecule has 28 heavy (non-hydrogen) atoms. The van der Waals surface area contributed by atoms with E-state index in [1.54, 1.807) is 0 Å². The van der Waals surface area contributed by atoms with Gasteiger partial charge in [0, 0.05) is 11.2 Å². The van der Waals surface area contributed by atoms with Crippen LogP contribution in [0, 0.1) is 0 Å². The molecule has 1 aromatic heterocycles. The van der Waals surface area contributed by atoms with Gasteiger partial charge in [-0.15, -0.1) is 0 Å². The lowest BCUT2D eigenvalue weighted by molar-refractivity contribution is -0.149. The number of halogens is 7. The van der Waals surface area contributed by atoms with Crippen molar-refractivity contribution in [3.63, 3.8) is 0 Å². The first-order valence-electron chi connectivity index (χ1n) is 7.29. The summed E-state index contributed by atoms with van der Waals surface area (Å²) in [6.45, 7) is -1.68. The number of hydrogen-bond donors (Lipinski definition) is 1. The number of benzene rings is 1. The molecule has 2 rings (SSSR count). The third-order valence-corrected chi connectivity index (χ3v) is 3.38. The number of nitrogens with one attached hydrogen (secondary N) is 1. The molecule has 1 aromatic carbocycles. The van der Waals surface area contributed by atoms with E-state index in [0.29, 0.717) is 16.8 Å². The van der Waals surface area contributed by atoms with E-state index in [1.165, 1.54) is 0 Å². The van der Waals surface area contributed by atoms with Crippen molar-refractivity contribution < 1.29 is 40.7 Å². The van der Waals surface area contributed by atoms with E-state index < -0.39 is 54.3 Å². The van der Waals surface area contributed by atoms with Gasteiger partial charge in [-0.25, -0.2) is 0 Å². The van der Waals surface area contributed by atoms with Gasteiger partial charge in [-0.05, 0) is 24.3 Å². The summed E-state index contributed by atoms with van der Waals surface area (Å²) in [5, 5.41) is 4.84. The standard InChI is InChI=1S/C15H10ClF6N3O3/c16-8-1-2-10(9(5-8)14(17,18)19)23-12(26)7-28-13(27)6-25-4-3-11(24-25)15(20,21)22/h1-5H,6-7H2,(H,23,26). The average molecular weight is 430 g/mol. The predicted octanol–water partition coefficient (Wildman–Crippen LogP) is 3.76. The zero-order valence-electron chi connectivity index (χ0n) is 13.6. The summed E-state index contributed by atoms with van der Waals surface area (Å²) in [5.74, 6) is -2.20. The maximum Gasteiger partial charge on any atom is 0.435 e. The minimum atomic E-state index is -4.79. The van der Waals surface area contributed by atoms with Crippen LogP contribution in [0.1, 0.15) is 11.3 Å². The quantitative estimate of drug-likeness (QED) is 0.580. The van der Waals surface area contributed by atoms with E-state index in [2.05, 4.69) is 9.84 Å². The van der Waals surface area contributed by atoms with Gasteiger partial charge >= 0.3 is 18.3 Å². The fraction of sp³-hybridized carbons (Fsp3) is 0.267. The van der Waals surface area contributed by atoms with Crippen molar-refractivity contribution >= 4 is 29.2 Å². The smallest absolute Gasteiger partial charge is 0.435 e. The van der Waals surface area contributed by atoms with Crippen molar-refractivity contribution in [2.75, 3.05) is 11.9 Å². The summed E-state index contributed by atoms with van der Waals surface area (Å²) in [7, 11) is 0. The molecule has 0 aliphatic heterocycles. The molecule has 0 fully saturated rings. The summed E-state index contributed by atoms with van der Waals surface area (Å²) in [5.41, 5.74) is -3.02. The maximum absolute atomic E-state index is 12.9. The first kappa shape index (κ1) is 21.5. The lowest BCUT2D eigenvalue weighted by Gasteiger charge is -2.14. The molecule has 0 radical (unpaired) electrons. The van der Waals surface area contributed by atoms with Crippen LogP contribution in [0.4, 0.5) is 32.0 Å². The van der Waals surface area contributed by atoms with Crippen LogP contribution in [0.5, 0.6) is 0 Å². The molecule has 0 saturated heterocycles. The molecule has 13 heteroatoms. The number of aromatic nitrogens is 2. The monoisotopic (exact) mass is 429 g/mol. The molecule has 1 amide bonds. The number of amides is 1. The summed E-state index contributed by atoms with van der Waals surface area (Å²) in [4.78, 5) is 23.3. The normalized spacial score (nSPS) is 12.0. The van der Waals surface area contributed by atoms with Gasteiger partial charge in [0.05, 0.1) is 11.3 Å². The van der Waals surface area contributed by atoms with Gasteiger partial charge in [-0.1, -0.05) is 11.6 Å². The van der Waals surface area contributed by atoms with Crippen molar-refractivity contribution in [1.29, 1.82) is 0 Å². The molecule has 0 aliphatic carbocycles. The highest BCUT2D eigenvalue weighted by Gasteiger charge is 2.35. The molecule has 0 bridgehead atoms. The second-order valence-electron chi connectivity index (χ2n) is 5.29. The van der Waals surface area contributed by atoms with Crippen LogP contribution in [0.3, 0.4) is 0 Å². The molecule has 0 aliphatic rings. The van der Waals surface area contributed by atoms with Crippen LogP contribution in [-0.4, -0.2) is 28.3 Å². The molecule has 1 N–H and O–H groups in total. The van der Waals surface area contributed by atoms with Crippen LogP contribution < -0.4 is 5.32 Å². The van der Waals surface area contributed by atoms with Crippen molar-refractivity contribution in [1.82, 2.24) is 9.78 Å². The van der Waals surface area contributed by atoms with E-state index in [4.69, 9.17) is 11.6 Å². The Kier molecular flexibility index (Phi) is 6.22. The molecule has 1 heterocycles. The Bertz CT molecular complexity index is 879. The highest BCUT2D eigenvalue weighted by Crippen LogP contribution is 2.36. The summed E-state index contributed by atoms with van der Waals surface area (Å²) in [6.07, 6.45) is -8.60. The van der Waals surface area contributed by atoms with Crippen LogP contribution in [0.15, 0.2) is 30.5 Å². The number of carbonyl (C=O) groups excluding carboxylic acids is 2. The summed E-state index contributed by atoms with van der Waals surface area (Å²) >= 11 is 5.51. The van der Waals surface area contributed by atoms with Gasteiger partial charge < -0.3 is 10.1 Å². The molecule has 2 aromatic rings. The SMILES string of the molecule is O=C(COC(=O)Cn1ccc(C(F)(F)F)n1)Nc1ccc(Cl)cc1C(F)(F)F. The lowest BCUT2D eigenvalue weighted by atomic mass is 10.1. The van der Waals surface area contributed by atoms with E-state index in [9.17, 15) is 35.9 Å². The molecular formula is C15H10ClF6N3O3. The Morgan fingerprint density at radius 3 is 2.36 bits per heavy atom. The molecule has 0 spiro atoms. The second kappa shape index (κ2) is 8.09. The van der Waals surface area contributed by atoms with E-state index >= 15 is 0 Å². The number of rotatable bonds is 5. The molecule has 0 saturated carbocycles. The number of hydrogen-bond acceptors (Lipinski definition) is 4. The highest BCUT2D eigenvalue weighted by atomic mass is 35.5. The maximum atomic E-state index is 12.9. The van der Waals surface area contributed by atoms with Gasteiger partial charge in [-0.2, -0.15) is 31.4 Å². The number of anilines is 1. The van der Waals surface area contributed by atoms with Gasteiger partial charge in [0.1, 0.15) is 6.54 Å². The van der Waals surface area contributed by atoms with Crippen molar-refractivity contribution in [3.05, 3.63) is 46.7 Å². The van der Waals surface area contributed by atoms with Crippen LogP contribution in [-0.2, 0) is 33.2 Å². The van der Waals surface area contributed by atoms with Crippen molar-refractivity contribution in [3.8, 4) is 0 Å². The fourth-order valence-electron chi connectivity index (χ4n) is 1.97. The topological polar surface area (TPSA) is 73.2 Å². The van der Waals surface area contributed by atoms with E-state index in [0.717, 1.165) is 18.3 Å². The Labute approximate surface area is 158 Å². The van der Waals surface area contributed by atoms with Crippen molar-refractivity contribution in [2.24, 2.45) is 0 Å². The van der Waals surface area contributed by atoms with Gasteiger partial charge in [0.15, 0.2) is 12.3 Å². The molecular weight excluding hydrogens is 420 g/mol. The third kappa shape index (κ3) is 5.87. The number of alkyl halides is 6. The summed E-state index contributed by atoms with van der Waals surface area (Å²) < 4.78 is 81.2. The molecule has 6 nitrogen and oxygen atoms in total. The highest BCUT2D eigenvalue weighted by molar-refractivity contribution is 6.30. The Morgan fingerprint density at radius 1 is 1.11 bits per heavy atom.